The second-order valence-corrected chi connectivity index (χ2v) is 8.06. The Balaban J connectivity index is 2.40. The Labute approximate surface area is 127 Å². The molecule has 1 aliphatic rings. The Kier molecular flexibility index (Phi) is 4.21. The Hall–Kier alpha value is -0.910. The first-order valence-electron chi connectivity index (χ1n) is 7.38. The molecule has 118 valence electrons. The first kappa shape index (κ1) is 16.5. The van der Waals surface area contributed by atoms with Crippen molar-refractivity contribution < 1.29 is 13.5 Å². The van der Waals surface area contributed by atoms with Crippen LogP contribution in [0.1, 0.15) is 47.1 Å². The molecule has 1 aromatic rings. The minimum Gasteiger partial charge on any atom is -0.389 e. The summed E-state index contributed by atoms with van der Waals surface area (Å²) < 4.78 is 27.9. The summed E-state index contributed by atoms with van der Waals surface area (Å²) in [6.45, 7) is 9.72. The normalized spacial score (nSPS) is 17.6. The fourth-order valence-electron chi connectivity index (χ4n) is 2.93. The minimum absolute atomic E-state index is 0.0974. The zero-order chi connectivity index (χ0) is 16.0. The van der Waals surface area contributed by atoms with E-state index in [4.69, 9.17) is 0 Å². The number of sulfonamides is 1. The van der Waals surface area contributed by atoms with E-state index in [1.807, 2.05) is 34.6 Å². The van der Waals surface area contributed by atoms with Crippen LogP contribution in [0.3, 0.4) is 0 Å². The van der Waals surface area contributed by atoms with E-state index in [1.54, 1.807) is 0 Å². The van der Waals surface area contributed by atoms with E-state index in [2.05, 4.69) is 4.72 Å². The predicted molar refractivity (Wildman–Crippen MR) is 84.1 cm³/mol. The van der Waals surface area contributed by atoms with Gasteiger partial charge >= 0.3 is 0 Å². The molecule has 4 nitrogen and oxygen atoms in total. The molecule has 0 heterocycles. The van der Waals surface area contributed by atoms with Gasteiger partial charge in [-0.1, -0.05) is 0 Å². The standard InChI is InChI=1S/C16H25NO3S/c1-10-11(2)13(4)15(14(5)12(10)3)21(19,20)17-9-16(18)7-6-8-16/h17-18H,6-9H2,1-5H3. The lowest BCUT2D eigenvalue weighted by molar-refractivity contribution is -0.0271. The van der Waals surface area contributed by atoms with Gasteiger partial charge in [-0.25, -0.2) is 13.1 Å². The number of aliphatic hydroxyl groups is 1. The van der Waals surface area contributed by atoms with Crippen LogP contribution in [0.15, 0.2) is 4.90 Å². The topological polar surface area (TPSA) is 66.4 Å². The molecule has 0 radical (unpaired) electrons. The van der Waals surface area contributed by atoms with Crippen LogP contribution in [0.4, 0.5) is 0 Å². The maximum atomic E-state index is 12.7. The summed E-state index contributed by atoms with van der Waals surface area (Å²) in [7, 11) is -3.60. The Morgan fingerprint density at radius 1 is 0.952 bits per heavy atom. The first-order chi connectivity index (χ1) is 9.59. The molecule has 1 aromatic carbocycles. The lowest BCUT2D eigenvalue weighted by atomic mass is 9.81. The van der Waals surface area contributed by atoms with Gasteiger partial charge in [-0.05, 0) is 81.7 Å². The molecular weight excluding hydrogens is 286 g/mol. The highest BCUT2D eigenvalue weighted by Crippen LogP contribution is 2.32. The second kappa shape index (κ2) is 5.38. The van der Waals surface area contributed by atoms with Gasteiger partial charge in [0.15, 0.2) is 0 Å². The van der Waals surface area contributed by atoms with Gasteiger partial charge in [-0.15, -0.1) is 0 Å². The third-order valence-corrected chi connectivity index (χ3v) is 6.75. The number of nitrogens with one attached hydrogen (secondary N) is 1. The Bertz CT molecular complexity index is 644. The van der Waals surface area contributed by atoms with Crippen LogP contribution in [0.2, 0.25) is 0 Å². The molecule has 0 atom stereocenters. The highest BCUT2D eigenvalue weighted by Gasteiger charge is 2.36. The summed E-state index contributed by atoms with van der Waals surface area (Å²) in [5.74, 6) is 0. The van der Waals surface area contributed by atoms with Crippen LogP contribution in [-0.2, 0) is 10.0 Å². The van der Waals surface area contributed by atoms with E-state index < -0.39 is 15.6 Å². The predicted octanol–water partition coefficient (Wildman–Crippen LogP) is 2.42. The van der Waals surface area contributed by atoms with Crippen molar-refractivity contribution >= 4 is 10.0 Å². The van der Waals surface area contributed by atoms with Gasteiger partial charge in [0.05, 0.1) is 10.5 Å². The fourth-order valence-corrected chi connectivity index (χ4v) is 4.65. The van der Waals surface area contributed by atoms with Gasteiger partial charge in [0.1, 0.15) is 0 Å². The van der Waals surface area contributed by atoms with Crippen LogP contribution in [0.5, 0.6) is 0 Å². The lowest BCUT2D eigenvalue weighted by Crippen LogP contribution is -2.47. The van der Waals surface area contributed by atoms with Crippen molar-refractivity contribution in [3.63, 3.8) is 0 Å². The van der Waals surface area contributed by atoms with Crippen molar-refractivity contribution in [2.75, 3.05) is 6.54 Å². The Morgan fingerprint density at radius 3 is 1.76 bits per heavy atom. The molecule has 0 spiro atoms. The summed E-state index contributed by atoms with van der Waals surface area (Å²) in [4.78, 5) is 0.367. The van der Waals surface area contributed by atoms with Crippen molar-refractivity contribution in [3.8, 4) is 0 Å². The number of rotatable bonds is 4. The summed E-state index contributed by atoms with van der Waals surface area (Å²) in [5, 5.41) is 10.1. The van der Waals surface area contributed by atoms with Crippen molar-refractivity contribution in [3.05, 3.63) is 27.8 Å². The van der Waals surface area contributed by atoms with Gasteiger partial charge in [-0.2, -0.15) is 0 Å². The van der Waals surface area contributed by atoms with E-state index in [-0.39, 0.29) is 6.54 Å². The molecule has 0 aromatic heterocycles. The number of hydrogen-bond acceptors (Lipinski definition) is 3. The molecule has 0 bridgehead atoms. The summed E-state index contributed by atoms with van der Waals surface area (Å²) in [6, 6.07) is 0. The quantitative estimate of drug-likeness (QED) is 0.897. The van der Waals surface area contributed by atoms with Crippen molar-refractivity contribution in [2.24, 2.45) is 0 Å². The molecule has 5 heteroatoms. The molecule has 0 aliphatic heterocycles. The largest absolute Gasteiger partial charge is 0.389 e. The number of hydrogen-bond donors (Lipinski definition) is 2. The maximum Gasteiger partial charge on any atom is 0.241 e. The van der Waals surface area contributed by atoms with Gasteiger partial charge < -0.3 is 5.11 Å². The van der Waals surface area contributed by atoms with Crippen molar-refractivity contribution in [1.29, 1.82) is 0 Å². The third-order valence-electron chi connectivity index (χ3n) is 5.08. The van der Waals surface area contributed by atoms with Crippen LogP contribution >= 0.6 is 0 Å². The van der Waals surface area contributed by atoms with Crippen LogP contribution in [0.25, 0.3) is 0 Å². The van der Waals surface area contributed by atoms with E-state index in [0.29, 0.717) is 17.7 Å². The number of benzene rings is 1. The molecule has 0 saturated heterocycles. The summed E-state index contributed by atoms with van der Waals surface area (Å²) in [6.07, 6.45) is 2.29. The van der Waals surface area contributed by atoms with Crippen LogP contribution in [-0.4, -0.2) is 25.7 Å². The van der Waals surface area contributed by atoms with E-state index >= 15 is 0 Å². The lowest BCUT2D eigenvalue weighted by Gasteiger charge is -2.36. The third kappa shape index (κ3) is 2.87. The zero-order valence-corrected chi connectivity index (χ0v) is 14.3. The maximum absolute atomic E-state index is 12.7. The smallest absolute Gasteiger partial charge is 0.241 e. The second-order valence-electron chi connectivity index (χ2n) is 6.36. The average molecular weight is 311 g/mol. The molecule has 1 saturated carbocycles. The van der Waals surface area contributed by atoms with Crippen LogP contribution < -0.4 is 4.72 Å². The molecule has 0 unspecified atom stereocenters. The highest BCUT2D eigenvalue weighted by atomic mass is 32.2. The molecular formula is C16H25NO3S. The summed E-state index contributed by atoms with van der Waals surface area (Å²) in [5.41, 5.74) is 3.90. The average Bonchev–Trinajstić information content (AvgIpc) is 2.38. The molecule has 2 rings (SSSR count). The Morgan fingerprint density at radius 2 is 1.38 bits per heavy atom. The van der Waals surface area contributed by atoms with E-state index in [9.17, 15) is 13.5 Å². The van der Waals surface area contributed by atoms with E-state index in [1.165, 1.54) is 0 Å². The first-order valence-corrected chi connectivity index (χ1v) is 8.86. The molecule has 2 N–H and O–H groups in total. The van der Waals surface area contributed by atoms with Crippen LogP contribution in [0, 0.1) is 34.6 Å². The van der Waals surface area contributed by atoms with Gasteiger partial charge in [0.2, 0.25) is 10.0 Å². The molecule has 1 aliphatic carbocycles. The van der Waals surface area contributed by atoms with E-state index in [0.717, 1.165) is 34.2 Å². The van der Waals surface area contributed by atoms with Gasteiger partial charge in [-0.3, -0.25) is 0 Å². The highest BCUT2D eigenvalue weighted by molar-refractivity contribution is 7.89. The molecule has 21 heavy (non-hydrogen) atoms. The fraction of sp³-hybridized carbons (Fsp3) is 0.625. The molecule has 0 amide bonds. The van der Waals surface area contributed by atoms with Crippen molar-refractivity contribution in [1.82, 2.24) is 4.72 Å². The minimum atomic E-state index is -3.60. The molecule has 1 fully saturated rings. The van der Waals surface area contributed by atoms with Gasteiger partial charge in [0, 0.05) is 6.54 Å². The zero-order valence-electron chi connectivity index (χ0n) is 13.5. The summed E-state index contributed by atoms with van der Waals surface area (Å²) >= 11 is 0. The van der Waals surface area contributed by atoms with Gasteiger partial charge in [0.25, 0.3) is 0 Å². The monoisotopic (exact) mass is 311 g/mol. The SMILES string of the molecule is Cc1c(C)c(C)c(S(=O)(=O)NCC2(O)CCC2)c(C)c1C. The van der Waals surface area contributed by atoms with Crippen molar-refractivity contribution in [2.45, 2.75) is 64.4 Å².